The number of carbonyl (C=O) groups excluding carboxylic acids is 1. The third-order valence-electron chi connectivity index (χ3n) is 3.99. The average molecular weight is 364 g/mol. The quantitative estimate of drug-likeness (QED) is 0.539. The van der Waals surface area contributed by atoms with Crippen molar-refractivity contribution >= 4 is 34.4 Å². The van der Waals surface area contributed by atoms with Gasteiger partial charge in [-0.25, -0.2) is 15.0 Å². The summed E-state index contributed by atoms with van der Waals surface area (Å²) < 4.78 is 0. The Balaban J connectivity index is 1.47. The molecular weight excluding hydrogens is 350 g/mol. The third-order valence-corrected chi connectivity index (χ3v) is 4.19. The molecule has 0 spiro atoms. The minimum atomic E-state index is -0.280. The molecule has 7 heteroatoms. The number of hydrogen-bond acceptors (Lipinski definition) is 4. The number of rotatable bonds is 4. The number of hydrogen-bond donors (Lipinski definition) is 2. The van der Waals surface area contributed by atoms with Crippen molar-refractivity contribution in [3.8, 4) is 0 Å². The molecule has 0 aliphatic heterocycles. The van der Waals surface area contributed by atoms with Gasteiger partial charge < -0.3 is 10.3 Å². The monoisotopic (exact) mass is 363 g/mol. The number of halogens is 1. The Bertz CT molecular complexity index is 1070. The molecule has 128 valence electrons. The number of nitrogens with zero attached hydrogens (tertiary/aromatic N) is 3. The molecule has 0 saturated heterocycles. The lowest BCUT2D eigenvalue weighted by Crippen LogP contribution is -2.13. The first-order chi connectivity index (χ1) is 12.7. The van der Waals surface area contributed by atoms with Gasteiger partial charge in [-0.1, -0.05) is 17.7 Å². The molecule has 0 aromatic carbocycles. The Labute approximate surface area is 154 Å². The van der Waals surface area contributed by atoms with Crippen LogP contribution in [0.15, 0.2) is 61.2 Å². The molecule has 0 saturated carbocycles. The molecule has 6 nitrogen and oxygen atoms in total. The summed E-state index contributed by atoms with van der Waals surface area (Å²) in [6.07, 6.45) is 7.69. The number of fused-ring (bicyclic) bond motifs is 1. The van der Waals surface area contributed by atoms with Crippen molar-refractivity contribution in [2.75, 3.05) is 5.32 Å². The highest BCUT2D eigenvalue weighted by atomic mass is 35.5. The van der Waals surface area contributed by atoms with Gasteiger partial charge in [0.1, 0.15) is 16.6 Å². The molecule has 26 heavy (non-hydrogen) atoms. The molecule has 4 aromatic rings. The number of pyridine rings is 3. The zero-order chi connectivity index (χ0) is 17.9. The Morgan fingerprint density at radius 3 is 2.85 bits per heavy atom. The van der Waals surface area contributed by atoms with E-state index in [9.17, 15) is 4.79 Å². The molecule has 0 atom stereocenters. The number of aromatic amines is 1. The lowest BCUT2D eigenvalue weighted by atomic mass is 10.1. The van der Waals surface area contributed by atoms with Gasteiger partial charge in [0.15, 0.2) is 0 Å². The summed E-state index contributed by atoms with van der Waals surface area (Å²) >= 11 is 5.81. The van der Waals surface area contributed by atoms with Crippen LogP contribution in [0, 0.1) is 0 Å². The number of amides is 1. The summed E-state index contributed by atoms with van der Waals surface area (Å²) in [6.45, 7) is 0. The number of carbonyl (C=O) groups is 1. The van der Waals surface area contributed by atoms with Crippen LogP contribution in [0.25, 0.3) is 11.0 Å². The van der Waals surface area contributed by atoms with Crippen LogP contribution < -0.4 is 5.32 Å². The lowest BCUT2D eigenvalue weighted by molar-refractivity contribution is 0.102. The average Bonchev–Trinajstić information content (AvgIpc) is 3.06. The van der Waals surface area contributed by atoms with Gasteiger partial charge in [0, 0.05) is 42.2 Å². The Morgan fingerprint density at radius 1 is 1.12 bits per heavy atom. The molecule has 2 N–H and O–H groups in total. The first-order valence-electron chi connectivity index (χ1n) is 7.98. The van der Waals surface area contributed by atoms with E-state index in [1.54, 1.807) is 24.5 Å². The van der Waals surface area contributed by atoms with E-state index in [0.717, 1.165) is 28.6 Å². The van der Waals surface area contributed by atoms with Crippen LogP contribution in [-0.2, 0) is 6.42 Å². The molecule has 0 aliphatic carbocycles. The van der Waals surface area contributed by atoms with Crippen LogP contribution in [0.4, 0.5) is 5.82 Å². The third kappa shape index (κ3) is 3.41. The molecule has 4 aromatic heterocycles. The topological polar surface area (TPSA) is 83.6 Å². The number of nitrogens with one attached hydrogen (secondary N) is 2. The van der Waals surface area contributed by atoms with Crippen molar-refractivity contribution in [1.82, 2.24) is 19.9 Å². The van der Waals surface area contributed by atoms with Crippen LogP contribution in [-0.4, -0.2) is 25.8 Å². The second kappa shape index (κ2) is 6.93. The van der Waals surface area contributed by atoms with Crippen LogP contribution in [0.5, 0.6) is 0 Å². The van der Waals surface area contributed by atoms with Crippen LogP contribution >= 0.6 is 11.6 Å². The van der Waals surface area contributed by atoms with E-state index < -0.39 is 0 Å². The minimum Gasteiger partial charge on any atom is -0.346 e. The highest BCUT2D eigenvalue weighted by Crippen LogP contribution is 2.19. The fourth-order valence-corrected chi connectivity index (χ4v) is 2.89. The van der Waals surface area contributed by atoms with Crippen LogP contribution in [0.1, 0.15) is 21.5 Å². The summed E-state index contributed by atoms with van der Waals surface area (Å²) in [4.78, 5) is 27.8. The summed E-state index contributed by atoms with van der Waals surface area (Å²) in [5.41, 5.74) is 3.50. The van der Waals surface area contributed by atoms with Gasteiger partial charge in [-0.05, 0) is 41.5 Å². The van der Waals surface area contributed by atoms with Crippen molar-refractivity contribution < 1.29 is 4.79 Å². The highest BCUT2D eigenvalue weighted by molar-refractivity contribution is 6.29. The summed E-state index contributed by atoms with van der Waals surface area (Å²) in [7, 11) is 0. The van der Waals surface area contributed by atoms with Crippen LogP contribution in [0.2, 0.25) is 5.15 Å². The normalized spacial score (nSPS) is 10.8. The SMILES string of the molecule is O=C(Nc1ccc(Cc2c[nH]c3ncccc23)cn1)c1ccnc(Cl)c1. The largest absolute Gasteiger partial charge is 0.346 e. The number of anilines is 1. The van der Waals surface area contributed by atoms with Crippen LogP contribution in [0.3, 0.4) is 0 Å². The zero-order valence-electron chi connectivity index (χ0n) is 13.6. The van der Waals surface area contributed by atoms with E-state index in [2.05, 4.69) is 25.3 Å². The molecule has 4 heterocycles. The second-order valence-corrected chi connectivity index (χ2v) is 6.15. The van der Waals surface area contributed by atoms with Gasteiger partial charge in [0.2, 0.25) is 0 Å². The van der Waals surface area contributed by atoms with Crippen molar-refractivity contribution in [3.63, 3.8) is 0 Å². The van der Waals surface area contributed by atoms with Gasteiger partial charge in [0.05, 0.1) is 0 Å². The molecule has 0 aliphatic rings. The van der Waals surface area contributed by atoms with E-state index in [0.29, 0.717) is 11.4 Å². The number of aromatic nitrogens is 4. The summed E-state index contributed by atoms with van der Waals surface area (Å²) in [6, 6.07) is 10.8. The zero-order valence-corrected chi connectivity index (χ0v) is 14.4. The summed E-state index contributed by atoms with van der Waals surface area (Å²) in [5, 5.41) is 4.12. The minimum absolute atomic E-state index is 0.272. The van der Waals surface area contributed by atoms with E-state index in [4.69, 9.17) is 11.6 Å². The van der Waals surface area contributed by atoms with Crippen molar-refractivity contribution in [3.05, 3.63) is 83.0 Å². The van der Waals surface area contributed by atoms with E-state index in [-0.39, 0.29) is 11.1 Å². The first kappa shape index (κ1) is 16.2. The van der Waals surface area contributed by atoms with Gasteiger partial charge >= 0.3 is 0 Å². The van der Waals surface area contributed by atoms with Crippen molar-refractivity contribution in [1.29, 1.82) is 0 Å². The van der Waals surface area contributed by atoms with Crippen molar-refractivity contribution in [2.24, 2.45) is 0 Å². The second-order valence-electron chi connectivity index (χ2n) is 5.76. The number of H-pyrrole nitrogens is 1. The molecular formula is C19H14ClN5O. The Hall–Kier alpha value is -3.25. The smallest absolute Gasteiger partial charge is 0.256 e. The molecule has 0 radical (unpaired) electrons. The van der Waals surface area contributed by atoms with E-state index in [1.807, 2.05) is 24.4 Å². The van der Waals surface area contributed by atoms with Crippen molar-refractivity contribution in [2.45, 2.75) is 6.42 Å². The van der Waals surface area contributed by atoms with Gasteiger partial charge in [-0.15, -0.1) is 0 Å². The molecule has 1 amide bonds. The standard InChI is InChI=1S/C19H14ClN5O/c20-16-9-13(5-7-21-16)19(26)25-17-4-3-12(10-23-17)8-14-11-24-18-15(14)2-1-6-22-18/h1-7,9-11H,8H2,(H,22,24)(H,23,25,26). The fraction of sp³-hybridized carbons (Fsp3) is 0.0526. The fourth-order valence-electron chi connectivity index (χ4n) is 2.71. The maximum Gasteiger partial charge on any atom is 0.256 e. The Kier molecular flexibility index (Phi) is 4.33. The maximum absolute atomic E-state index is 12.2. The molecule has 0 unspecified atom stereocenters. The highest BCUT2D eigenvalue weighted by Gasteiger charge is 2.09. The predicted octanol–water partition coefficient (Wildman–Crippen LogP) is 3.85. The van der Waals surface area contributed by atoms with E-state index in [1.165, 1.54) is 12.3 Å². The molecule has 0 fully saturated rings. The predicted molar refractivity (Wildman–Crippen MR) is 100 cm³/mol. The first-order valence-corrected chi connectivity index (χ1v) is 8.36. The maximum atomic E-state index is 12.2. The molecule has 4 rings (SSSR count). The lowest BCUT2D eigenvalue weighted by Gasteiger charge is -2.06. The van der Waals surface area contributed by atoms with E-state index >= 15 is 0 Å². The molecule has 0 bridgehead atoms. The summed E-state index contributed by atoms with van der Waals surface area (Å²) in [5.74, 6) is 0.199. The Morgan fingerprint density at radius 2 is 2.04 bits per heavy atom. The van der Waals surface area contributed by atoms with Gasteiger partial charge in [-0.3, -0.25) is 4.79 Å². The van der Waals surface area contributed by atoms with Gasteiger partial charge in [0.25, 0.3) is 5.91 Å². The van der Waals surface area contributed by atoms with Gasteiger partial charge in [-0.2, -0.15) is 0 Å².